The molecule has 0 aliphatic carbocycles. The Morgan fingerprint density at radius 1 is 1.43 bits per heavy atom. The number of nitrogens with one attached hydrogen (secondary N) is 2. The predicted octanol–water partition coefficient (Wildman–Crippen LogP) is 3.00. The quantitative estimate of drug-likeness (QED) is 0.801. The summed E-state index contributed by atoms with van der Waals surface area (Å²) in [6, 6.07) is 9.53. The van der Waals surface area contributed by atoms with Crippen LogP contribution in [0.5, 0.6) is 0 Å². The van der Waals surface area contributed by atoms with E-state index in [1.807, 2.05) is 37.3 Å². The maximum atomic E-state index is 12.6. The molecule has 0 bridgehead atoms. The monoisotopic (exact) mass is 284 g/mol. The van der Waals surface area contributed by atoms with Crippen LogP contribution in [0.4, 0.5) is 5.69 Å². The van der Waals surface area contributed by atoms with Gasteiger partial charge in [0.25, 0.3) is 0 Å². The molecule has 3 rings (SSSR count). The van der Waals surface area contributed by atoms with Crippen molar-refractivity contribution in [1.29, 1.82) is 0 Å². The van der Waals surface area contributed by atoms with Gasteiger partial charge < -0.3 is 15.1 Å². The Bertz CT molecular complexity index is 620. The van der Waals surface area contributed by atoms with Crippen LogP contribution in [0.15, 0.2) is 41.0 Å². The van der Waals surface area contributed by atoms with Crippen molar-refractivity contribution in [2.24, 2.45) is 0 Å². The van der Waals surface area contributed by atoms with Gasteiger partial charge in [0.15, 0.2) is 5.78 Å². The number of carbonyl (C=O) groups is 1. The maximum Gasteiger partial charge on any atom is 0.179 e. The molecule has 2 N–H and O–H groups in total. The molecular formula is C17H20N2O2. The van der Waals surface area contributed by atoms with Gasteiger partial charge in [0.05, 0.1) is 18.8 Å². The summed E-state index contributed by atoms with van der Waals surface area (Å²) >= 11 is 0. The van der Waals surface area contributed by atoms with Crippen molar-refractivity contribution < 1.29 is 9.21 Å². The van der Waals surface area contributed by atoms with E-state index in [1.165, 1.54) is 5.56 Å². The van der Waals surface area contributed by atoms with Crippen molar-refractivity contribution in [1.82, 2.24) is 5.32 Å². The molecule has 0 radical (unpaired) electrons. The molecule has 1 aliphatic heterocycles. The fourth-order valence-electron chi connectivity index (χ4n) is 2.72. The topological polar surface area (TPSA) is 54.3 Å². The lowest BCUT2D eigenvalue weighted by molar-refractivity contribution is 0.0938. The third-order valence-corrected chi connectivity index (χ3v) is 3.93. The first kappa shape index (κ1) is 13.9. The van der Waals surface area contributed by atoms with Gasteiger partial charge in [0.1, 0.15) is 5.76 Å². The van der Waals surface area contributed by atoms with Crippen LogP contribution >= 0.6 is 0 Å². The number of benzene rings is 1. The molecule has 21 heavy (non-hydrogen) atoms. The standard InChI is InChI=1S/C17H20N2O2/c1-2-15(19-11-14-4-3-9-21-14)17(20)13-5-6-16-12(10-13)7-8-18-16/h3-6,9-10,15,18-19H,2,7-8,11H2,1H3. The van der Waals surface area contributed by atoms with Crippen LogP contribution in [0, 0.1) is 0 Å². The van der Waals surface area contributed by atoms with Crippen LogP contribution in [0.2, 0.25) is 0 Å². The maximum absolute atomic E-state index is 12.6. The smallest absolute Gasteiger partial charge is 0.179 e. The summed E-state index contributed by atoms with van der Waals surface area (Å²) in [5, 5.41) is 6.59. The lowest BCUT2D eigenvalue weighted by Gasteiger charge is -2.15. The van der Waals surface area contributed by atoms with Gasteiger partial charge in [-0.2, -0.15) is 0 Å². The van der Waals surface area contributed by atoms with E-state index in [0.29, 0.717) is 6.54 Å². The fraction of sp³-hybridized carbons (Fsp3) is 0.353. The Hall–Kier alpha value is -2.07. The van der Waals surface area contributed by atoms with Crippen molar-refractivity contribution in [3.05, 3.63) is 53.5 Å². The Balaban J connectivity index is 1.69. The zero-order valence-corrected chi connectivity index (χ0v) is 12.2. The fourth-order valence-corrected chi connectivity index (χ4v) is 2.72. The molecule has 1 aliphatic rings. The average Bonchev–Trinajstić information content (AvgIpc) is 3.18. The van der Waals surface area contributed by atoms with Crippen molar-refractivity contribution >= 4 is 11.5 Å². The van der Waals surface area contributed by atoms with E-state index < -0.39 is 0 Å². The van der Waals surface area contributed by atoms with Gasteiger partial charge in [-0.15, -0.1) is 0 Å². The van der Waals surface area contributed by atoms with Crippen LogP contribution in [0.25, 0.3) is 0 Å². The Morgan fingerprint density at radius 2 is 2.33 bits per heavy atom. The number of carbonyl (C=O) groups excluding carboxylic acids is 1. The van der Waals surface area contributed by atoms with Crippen LogP contribution in [0.1, 0.15) is 35.0 Å². The first-order valence-corrected chi connectivity index (χ1v) is 7.44. The van der Waals surface area contributed by atoms with E-state index in [2.05, 4.69) is 10.6 Å². The third-order valence-electron chi connectivity index (χ3n) is 3.93. The summed E-state index contributed by atoms with van der Waals surface area (Å²) in [6.07, 6.45) is 3.40. The zero-order valence-electron chi connectivity index (χ0n) is 12.2. The molecule has 2 aromatic rings. The predicted molar refractivity (Wildman–Crippen MR) is 82.6 cm³/mol. The van der Waals surface area contributed by atoms with Gasteiger partial charge in [-0.3, -0.25) is 4.79 Å². The Kier molecular flexibility index (Phi) is 4.06. The van der Waals surface area contributed by atoms with Gasteiger partial charge in [0, 0.05) is 17.8 Å². The van der Waals surface area contributed by atoms with Crippen molar-refractivity contribution in [3.8, 4) is 0 Å². The van der Waals surface area contributed by atoms with E-state index in [4.69, 9.17) is 4.42 Å². The van der Waals surface area contributed by atoms with E-state index >= 15 is 0 Å². The molecular weight excluding hydrogens is 264 g/mol. The lowest BCUT2D eigenvalue weighted by Crippen LogP contribution is -2.35. The SMILES string of the molecule is CCC(NCc1ccco1)C(=O)c1ccc2c(c1)CCN2. The molecule has 0 saturated carbocycles. The third kappa shape index (κ3) is 3.00. The normalized spacial score (nSPS) is 14.5. The summed E-state index contributed by atoms with van der Waals surface area (Å²) in [6.45, 7) is 3.55. The van der Waals surface area contributed by atoms with Crippen molar-refractivity contribution in [2.75, 3.05) is 11.9 Å². The highest BCUT2D eigenvalue weighted by molar-refractivity contribution is 6.00. The molecule has 4 nitrogen and oxygen atoms in total. The molecule has 4 heteroatoms. The van der Waals surface area contributed by atoms with Gasteiger partial charge in [0.2, 0.25) is 0 Å². The highest BCUT2D eigenvalue weighted by atomic mass is 16.3. The number of fused-ring (bicyclic) bond motifs is 1. The van der Waals surface area contributed by atoms with Crippen LogP contribution in [0.3, 0.4) is 0 Å². The average molecular weight is 284 g/mol. The largest absolute Gasteiger partial charge is 0.468 e. The van der Waals surface area contributed by atoms with E-state index in [1.54, 1.807) is 6.26 Å². The van der Waals surface area contributed by atoms with E-state index in [0.717, 1.165) is 36.4 Å². The van der Waals surface area contributed by atoms with Gasteiger partial charge in [-0.25, -0.2) is 0 Å². The number of hydrogen-bond acceptors (Lipinski definition) is 4. The first-order chi connectivity index (χ1) is 10.3. The molecule has 0 fully saturated rings. The minimum Gasteiger partial charge on any atom is -0.468 e. The molecule has 1 atom stereocenters. The Morgan fingerprint density at radius 3 is 3.10 bits per heavy atom. The molecule has 110 valence electrons. The first-order valence-electron chi connectivity index (χ1n) is 7.44. The van der Waals surface area contributed by atoms with Crippen molar-refractivity contribution in [2.45, 2.75) is 32.4 Å². The minimum atomic E-state index is -0.178. The molecule has 1 aromatic heterocycles. The summed E-state index contributed by atoms with van der Waals surface area (Å²) < 4.78 is 5.29. The van der Waals surface area contributed by atoms with Crippen molar-refractivity contribution in [3.63, 3.8) is 0 Å². The second kappa shape index (κ2) is 6.14. The summed E-state index contributed by atoms with van der Waals surface area (Å²) in [5.74, 6) is 0.998. The van der Waals surface area contributed by atoms with Crippen LogP contribution in [-0.4, -0.2) is 18.4 Å². The number of furan rings is 1. The van der Waals surface area contributed by atoms with Crippen LogP contribution < -0.4 is 10.6 Å². The molecule has 0 saturated heterocycles. The minimum absolute atomic E-state index is 0.152. The molecule has 0 spiro atoms. The number of anilines is 1. The van der Waals surface area contributed by atoms with Gasteiger partial charge >= 0.3 is 0 Å². The summed E-state index contributed by atoms with van der Waals surface area (Å²) in [4.78, 5) is 12.6. The number of ketones is 1. The second-order valence-corrected chi connectivity index (χ2v) is 5.33. The lowest BCUT2D eigenvalue weighted by atomic mass is 9.99. The Labute approximate surface area is 124 Å². The molecule has 0 amide bonds. The summed E-state index contributed by atoms with van der Waals surface area (Å²) in [7, 11) is 0. The highest BCUT2D eigenvalue weighted by Crippen LogP contribution is 2.23. The molecule has 1 aromatic carbocycles. The summed E-state index contributed by atoms with van der Waals surface area (Å²) in [5.41, 5.74) is 3.18. The van der Waals surface area contributed by atoms with Gasteiger partial charge in [-0.05, 0) is 48.7 Å². The zero-order chi connectivity index (χ0) is 14.7. The van der Waals surface area contributed by atoms with Crippen LogP contribution in [-0.2, 0) is 13.0 Å². The molecule has 1 unspecified atom stereocenters. The van der Waals surface area contributed by atoms with E-state index in [-0.39, 0.29) is 11.8 Å². The van der Waals surface area contributed by atoms with E-state index in [9.17, 15) is 4.79 Å². The number of rotatable bonds is 6. The molecule has 2 heterocycles. The number of Topliss-reactive ketones (excluding diaryl/α,β-unsaturated/α-hetero) is 1. The second-order valence-electron chi connectivity index (χ2n) is 5.33. The number of hydrogen-bond donors (Lipinski definition) is 2. The van der Waals surface area contributed by atoms with Gasteiger partial charge in [-0.1, -0.05) is 6.92 Å². The highest BCUT2D eigenvalue weighted by Gasteiger charge is 2.20.